The van der Waals surface area contributed by atoms with E-state index in [1.807, 2.05) is 0 Å². The highest BCUT2D eigenvalue weighted by molar-refractivity contribution is 5.85. The summed E-state index contributed by atoms with van der Waals surface area (Å²) >= 11 is 0. The molecule has 1 unspecified atom stereocenters. The molecule has 3 N–H and O–H groups in total. The van der Waals surface area contributed by atoms with Gasteiger partial charge in [-0.05, 0) is 12.8 Å². The fraction of sp³-hybridized carbons (Fsp3) is 0.667. The zero-order valence-corrected chi connectivity index (χ0v) is 5.96. The third-order valence-corrected chi connectivity index (χ3v) is 1.58. The molecule has 1 rings (SSSR count). The summed E-state index contributed by atoms with van der Waals surface area (Å²) in [5.74, 6) is -0.223. The summed E-state index contributed by atoms with van der Waals surface area (Å²) in [5.41, 5.74) is 0. The van der Waals surface area contributed by atoms with E-state index in [4.69, 9.17) is 5.11 Å². The van der Waals surface area contributed by atoms with Crippen LogP contribution >= 0.6 is 0 Å². The van der Waals surface area contributed by atoms with Gasteiger partial charge in [0.1, 0.15) is 6.04 Å². The van der Waals surface area contributed by atoms with Crippen LogP contribution in [-0.2, 0) is 4.79 Å². The van der Waals surface area contributed by atoms with Crippen molar-refractivity contribution in [1.82, 2.24) is 10.6 Å². The molecule has 0 aromatic rings. The number of nitrogens with one attached hydrogen (secondary N) is 2. The predicted molar refractivity (Wildman–Crippen MR) is 37.2 cm³/mol. The first-order chi connectivity index (χ1) is 5.20. The maximum Gasteiger partial charge on any atom is 0.405 e. The summed E-state index contributed by atoms with van der Waals surface area (Å²) < 4.78 is 0. The SMILES string of the molecule is O=C(O)NC1CCCNC1=O. The van der Waals surface area contributed by atoms with Gasteiger partial charge in [0.05, 0.1) is 0 Å². The Balaban J connectivity index is 2.42. The van der Waals surface area contributed by atoms with Crippen LogP contribution in [0.5, 0.6) is 0 Å². The van der Waals surface area contributed by atoms with Gasteiger partial charge in [-0.25, -0.2) is 4.79 Å². The predicted octanol–water partition coefficient (Wildman–Crippen LogP) is -0.467. The molecule has 0 aromatic heterocycles. The second kappa shape index (κ2) is 3.23. The fourth-order valence-corrected chi connectivity index (χ4v) is 1.06. The normalized spacial score (nSPS) is 24.0. The van der Waals surface area contributed by atoms with E-state index in [2.05, 4.69) is 10.6 Å². The number of piperidine rings is 1. The molecule has 1 aliphatic heterocycles. The van der Waals surface area contributed by atoms with Crippen molar-refractivity contribution in [3.05, 3.63) is 0 Å². The van der Waals surface area contributed by atoms with E-state index < -0.39 is 12.1 Å². The third-order valence-electron chi connectivity index (χ3n) is 1.58. The molecule has 62 valence electrons. The molecule has 0 aromatic carbocycles. The number of carbonyl (C=O) groups excluding carboxylic acids is 1. The van der Waals surface area contributed by atoms with Gasteiger partial charge >= 0.3 is 6.09 Å². The van der Waals surface area contributed by atoms with Crippen molar-refractivity contribution in [2.75, 3.05) is 6.54 Å². The van der Waals surface area contributed by atoms with Crippen molar-refractivity contribution in [2.24, 2.45) is 0 Å². The lowest BCUT2D eigenvalue weighted by Gasteiger charge is -2.20. The molecule has 5 heteroatoms. The minimum Gasteiger partial charge on any atom is -0.465 e. The molecule has 11 heavy (non-hydrogen) atoms. The first kappa shape index (κ1) is 7.84. The van der Waals surface area contributed by atoms with Crippen LogP contribution in [0.3, 0.4) is 0 Å². The maximum absolute atomic E-state index is 10.9. The molecule has 0 spiro atoms. The van der Waals surface area contributed by atoms with Crippen molar-refractivity contribution < 1.29 is 14.7 Å². The van der Waals surface area contributed by atoms with Gasteiger partial charge in [-0.3, -0.25) is 4.79 Å². The number of hydrogen-bond acceptors (Lipinski definition) is 2. The van der Waals surface area contributed by atoms with E-state index in [0.29, 0.717) is 13.0 Å². The topological polar surface area (TPSA) is 78.4 Å². The highest BCUT2D eigenvalue weighted by atomic mass is 16.4. The Kier molecular flexibility index (Phi) is 2.30. The summed E-state index contributed by atoms with van der Waals surface area (Å²) in [4.78, 5) is 21.0. The van der Waals surface area contributed by atoms with E-state index in [1.165, 1.54) is 0 Å². The first-order valence-electron chi connectivity index (χ1n) is 3.47. The lowest BCUT2D eigenvalue weighted by atomic mass is 10.1. The van der Waals surface area contributed by atoms with E-state index in [-0.39, 0.29) is 5.91 Å². The highest BCUT2D eigenvalue weighted by Crippen LogP contribution is 2.01. The molecule has 1 heterocycles. The molecule has 1 atom stereocenters. The van der Waals surface area contributed by atoms with Crippen LogP contribution in [0.4, 0.5) is 4.79 Å². The summed E-state index contributed by atoms with van der Waals surface area (Å²) in [5, 5.41) is 13.0. The molecule has 5 nitrogen and oxygen atoms in total. The average Bonchev–Trinajstić information content (AvgIpc) is 1.93. The molecule has 1 fully saturated rings. The minimum atomic E-state index is -1.15. The van der Waals surface area contributed by atoms with Gasteiger partial charge in [0, 0.05) is 6.54 Å². The monoisotopic (exact) mass is 158 g/mol. The van der Waals surface area contributed by atoms with Crippen molar-refractivity contribution in [3.63, 3.8) is 0 Å². The number of amides is 2. The summed E-state index contributed by atoms with van der Waals surface area (Å²) in [7, 11) is 0. The van der Waals surface area contributed by atoms with Gasteiger partial charge in [0.2, 0.25) is 5.91 Å². The molecule has 1 aliphatic rings. The lowest BCUT2D eigenvalue weighted by Crippen LogP contribution is -2.49. The second-order valence-electron chi connectivity index (χ2n) is 2.44. The molecular weight excluding hydrogens is 148 g/mol. The molecular formula is C6H10N2O3. The van der Waals surface area contributed by atoms with Crippen LogP contribution in [0.2, 0.25) is 0 Å². The Bertz CT molecular complexity index is 181. The van der Waals surface area contributed by atoms with Crippen LogP contribution in [0.25, 0.3) is 0 Å². The Morgan fingerprint density at radius 1 is 1.73 bits per heavy atom. The van der Waals surface area contributed by atoms with Crippen molar-refractivity contribution in [2.45, 2.75) is 18.9 Å². The smallest absolute Gasteiger partial charge is 0.405 e. The van der Waals surface area contributed by atoms with Crippen molar-refractivity contribution >= 4 is 12.0 Å². The van der Waals surface area contributed by atoms with Gasteiger partial charge < -0.3 is 15.7 Å². The van der Waals surface area contributed by atoms with Gasteiger partial charge in [0.15, 0.2) is 0 Å². The Labute approximate surface area is 63.8 Å². The number of hydrogen-bond donors (Lipinski definition) is 3. The first-order valence-corrected chi connectivity index (χ1v) is 3.47. The number of carboxylic acid groups (broad SMARTS) is 1. The largest absolute Gasteiger partial charge is 0.465 e. The van der Waals surface area contributed by atoms with Crippen molar-refractivity contribution in [3.8, 4) is 0 Å². The molecule has 0 radical (unpaired) electrons. The number of rotatable bonds is 1. The van der Waals surface area contributed by atoms with Crippen LogP contribution in [0.15, 0.2) is 0 Å². The van der Waals surface area contributed by atoms with Crippen molar-refractivity contribution in [1.29, 1.82) is 0 Å². The maximum atomic E-state index is 10.9. The summed E-state index contributed by atoms with van der Waals surface area (Å²) in [6, 6.07) is -0.554. The highest BCUT2D eigenvalue weighted by Gasteiger charge is 2.22. The van der Waals surface area contributed by atoms with E-state index >= 15 is 0 Å². The van der Waals surface area contributed by atoms with Gasteiger partial charge in [-0.1, -0.05) is 0 Å². The standard InChI is InChI=1S/C6H10N2O3/c9-5-4(8-6(10)11)2-1-3-7-5/h4,8H,1-3H2,(H,7,9)(H,10,11). The molecule has 0 aliphatic carbocycles. The number of carbonyl (C=O) groups is 2. The lowest BCUT2D eigenvalue weighted by molar-refractivity contribution is -0.124. The molecule has 2 amide bonds. The quantitative estimate of drug-likeness (QED) is 0.483. The van der Waals surface area contributed by atoms with E-state index in [0.717, 1.165) is 6.42 Å². The van der Waals surface area contributed by atoms with Crippen LogP contribution < -0.4 is 10.6 Å². The molecule has 0 saturated carbocycles. The summed E-state index contributed by atoms with van der Waals surface area (Å²) in [6.07, 6.45) is 0.279. The van der Waals surface area contributed by atoms with Crippen LogP contribution in [0, 0.1) is 0 Å². The Hall–Kier alpha value is -1.26. The zero-order chi connectivity index (χ0) is 8.27. The van der Waals surface area contributed by atoms with Gasteiger partial charge in [0.25, 0.3) is 0 Å². The van der Waals surface area contributed by atoms with E-state index in [1.54, 1.807) is 0 Å². The molecule has 0 bridgehead atoms. The third kappa shape index (κ3) is 2.10. The molecule has 1 saturated heterocycles. The second-order valence-corrected chi connectivity index (χ2v) is 2.44. The van der Waals surface area contributed by atoms with Gasteiger partial charge in [-0.2, -0.15) is 0 Å². The Morgan fingerprint density at radius 2 is 2.45 bits per heavy atom. The van der Waals surface area contributed by atoms with Crippen LogP contribution in [0.1, 0.15) is 12.8 Å². The van der Waals surface area contributed by atoms with E-state index in [9.17, 15) is 9.59 Å². The van der Waals surface area contributed by atoms with Crippen LogP contribution in [-0.4, -0.2) is 29.7 Å². The van der Waals surface area contributed by atoms with Gasteiger partial charge in [-0.15, -0.1) is 0 Å². The fourth-order valence-electron chi connectivity index (χ4n) is 1.06. The average molecular weight is 158 g/mol. The summed E-state index contributed by atoms with van der Waals surface area (Å²) in [6.45, 7) is 0.649. The Morgan fingerprint density at radius 3 is 3.00 bits per heavy atom. The zero-order valence-electron chi connectivity index (χ0n) is 5.96. The minimum absolute atomic E-state index is 0.223.